The Balaban J connectivity index is 1.59. The summed E-state index contributed by atoms with van der Waals surface area (Å²) >= 11 is 0. The number of carbonyl (C=O) groups is 1. The molecule has 1 aliphatic heterocycles. The van der Waals surface area contributed by atoms with Crippen LogP contribution in [0.1, 0.15) is 15.9 Å². The number of fused-ring (bicyclic) bond motifs is 1. The predicted octanol–water partition coefficient (Wildman–Crippen LogP) is 3.10. The lowest BCUT2D eigenvalue weighted by Gasteiger charge is -2.18. The van der Waals surface area contributed by atoms with Crippen molar-refractivity contribution in [2.75, 3.05) is 23.9 Å². The van der Waals surface area contributed by atoms with Crippen LogP contribution in [0.4, 0.5) is 23.1 Å². The van der Waals surface area contributed by atoms with E-state index in [1.807, 2.05) is 18.2 Å². The summed E-state index contributed by atoms with van der Waals surface area (Å²) in [6, 6.07) is 15.2. The van der Waals surface area contributed by atoms with Crippen LogP contribution in [0.15, 0.2) is 54.7 Å². The van der Waals surface area contributed by atoms with Crippen molar-refractivity contribution < 1.29 is 9.53 Å². The Labute approximate surface area is 150 Å². The minimum atomic E-state index is -0.393. The van der Waals surface area contributed by atoms with Gasteiger partial charge in [-0.15, -0.1) is 5.10 Å². The van der Waals surface area contributed by atoms with Crippen molar-refractivity contribution in [3.8, 4) is 0 Å². The highest BCUT2D eigenvalue weighted by molar-refractivity contribution is 5.90. The molecule has 7 nitrogen and oxygen atoms in total. The number of aromatic nitrogens is 3. The van der Waals surface area contributed by atoms with Gasteiger partial charge in [0, 0.05) is 17.9 Å². The molecule has 1 aliphatic rings. The van der Waals surface area contributed by atoms with Crippen molar-refractivity contribution in [2.45, 2.75) is 6.42 Å². The number of anilines is 4. The third kappa shape index (κ3) is 3.06. The lowest BCUT2D eigenvalue weighted by atomic mass is 10.2. The molecule has 0 fully saturated rings. The molecule has 26 heavy (non-hydrogen) atoms. The molecule has 2 aromatic carbocycles. The average molecular weight is 347 g/mol. The van der Waals surface area contributed by atoms with Gasteiger partial charge in [0.25, 0.3) is 0 Å². The van der Waals surface area contributed by atoms with Crippen molar-refractivity contribution in [2.24, 2.45) is 0 Å². The fourth-order valence-corrected chi connectivity index (χ4v) is 3.03. The molecule has 0 amide bonds. The number of rotatable bonds is 4. The van der Waals surface area contributed by atoms with Crippen LogP contribution in [0.3, 0.4) is 0 Å². The minimum Gasteiger partial charge on any atom is -0.465 e. The van der Waals surface area contributed by atoms with E-state index in [1.54, 1.807) is 24.4 Å². The second-order valence-electron chi connectivity index (χ2n) is 5.87. The molecule has 1 N–H and O–H groups in total. The second-order valence-corrected chi connectivity index (χ2v) is 5.87. The van der Waals surface area contributed by atoms with Gasteiger partial charge in [0.2, 0.25) is 5.95 Å². The number of para-hydroxylation sites is 1. The van der Waals surface area contributed by atoms with Gasteiger partial charge in [-0.1, -0.05) is 24.3 Å². The number of esters is 1. The average Bonchev–Trinajstić information content (AvgIpc) is 3.12. The molecular formula is C19H17N5O2. The maximum atomic E-state index is 11.7. The summed E-state index contributed by atoms with van der Waals surface area (Å²) in [6.07, 6.45) is 2.63. The lowest BCUT2D eigenvalue weighted by Crippen LogP contribution is -2.16. The number of hydrogen-bond acceptors (Lipinski definition) is 7. The van der Waals surface area contributed by atoms with Crippen molar-refractivity contribution in [1.82, 2.24) is 15.2 Å². The first kappa shape index (κ1) is 16.0. The van der Waals surface area contributed by atoms with E-state index in [1.165, 1.54) is 12.7 Å². The topological polar surface area (TPSA) is 80.2 Å². The minimum absolute atomic E-state index is 0.369. The van der Waals surface area contributed by atoms with Crippen LogP contribution in [0.5, 0.6) is 0 Å². The highest BCUT2D eigenvalue weighted by Crippen LogP contribution is 2.33. The van der Waals surface area contributed by atoms with Crippen molar-refractivity contribution >= 4 is 29.1 Å². The molecule has 0 spiro atoms. The smallest absolute Gasteiger partial charge is 0.337 e. The molecule has 0 bridgehead atoms. The third-order valence-corrected chi connectivity index (χ3v) is 4.25. The van der Waals surface area contributed by atoms with Gasteiger partial charge < -0.3 is 15.0 Å². The highest BCUT2D eigenvalue weighted by atomic mass is 16.5. The van der Waals surface area contributed by atoms with Gasteiger partial charge >= 0.3 is 5.97 Å². The van der Waals surface area contributed by atoms with E-state index in [2.05, 4.69) is 37.5 Å². The maximum absolute atomic E-state index is 11.7. The van der Waals surface area contributed by atoms with Gasteiger partial charge in [-0.2, -0.15) is 10.1 Å². The summed E-state index contributed by atoms with van der Waals surface area (Å²) in [5.41, 5.74) is 3.58. The first-order chi connectivity index (χ1) is 12.7. The summed E-state index contributed by atoms with van der Waals surface area (Å²) < 4.78 is 4.74. The van der Waals surface area contributed by atoms with Crippen LogP contribution in [0.2, 0.25) is 0 Å². The van der Waals surface area contributed by atoms with Gasteiger partial charge in [-0.3, -0.25) is 0 Å². The SMILES string of the molecule is COC(=O)c1cccc(Nc2nncc(N3CCc4ccccc43)n2)c1. The Morgan fingerprint density at radius 1 is 1.19 bits per heavy atom. The number of ether oxygens (including phenoxy) is 1. The first-order valence-corrected chi connectivity index (χ1v) is 8.25. The van der Waals surface area contributed by atoms with Crippen LogP contribution in [0.25, 0.3) is 0 Å². The highest BCUT2D eigenvalue weighted by Gasteiger charge is 2.21. The summed E-state index contributed by atoms with van der Waals surface area (Å²) in [6.45, 7) is 0.856. The Kier molecular flexibility index (Phi) is 4.18. The maximum Gasteiger partial charge on any atom is 0.337 e. The van der Waals surface area contributed by atoms with Crippen LogP contribution in [0, 0.1) is 0 Å². The zero-order valence-corrected chi connectivity index (χ0v) is 14.2. The number of benzene rings is 2. The Bertz CT molecular complexity index is 960. The van der Waals surface area contributed by atoms with Crippen LogP contribution >= 0.6 is 0 Å². The van der Waals surface area contributed by atoms with Crippen LogP contribution < -0.4 is 10.2 Å². The molecule has 130 valence electrons. The molecule has 0 saturated heterocycles. The molecule has 0 unspecified atom stereocenters. The normalized spacial score (nSPS) is 12.6. The second kappa shape index (κ2) is 6.79. The molecule has 2 heterocycles. The monoisotopic (exact) mass is 347 g/mol. The van der Waals surface area contributed by atoms with Gasteiger partial charge in [-0.25, -0.2) is 4.79 Å². The summed E-state index contributed by atoms with van der Waals surface area (Å²) in [4.78, 5) is 18.4. The van der Waals surface area contributed by atoms with E-state index < -0.39 is 5.97 Å². The zero-order valence-electron chi connectivity index (χ0n) is 14.2. The Morgan fingerprint density at radius 2 is 2.08 bits per heavy atom. The van der Waals surface area contributed by atoms with E-state index in [0.29, 0.717) is 17.2 Å². The number of nitrogens with one attached hydrogen (secondary N) is 1. The number of hydrogen-bond donors (Lipinski definition) is 1. The van der Waals surface area contributed by atoms with Crippen molar-refractivity contribution in [1.29, 1.82) is 0 Å². The molecule has 4 rings (SSSR count). The predicted molar refractivity (Wildman–Crippen MR) is 98.0 cm³/mol. The Hall–Kier alpha value is -3.48. The van der Waals surface area contributed by atoms with E-state index in [0.717, 1.165) is 24.5 Å². The lowest BCUT2D eigenvalue weighted by molar-refractivity contribution is 0.0601. The van der Waals surface area contributed by atoms with E-state index in [-0.39, 0.29) is 0 Å². The van der Waals surface area contributed by atoms with Gasteiger partial charge in [0.05, 0.1) is 18.9 Å². The summed E-state index contributed by atoms with van der Waals surface area (Å²) in [7, 11) is 1.35. The zero-order chi connectivity index (χ0) is 17.9. The molecule has 0 radical (unpaired) electrons. The molecule has 3 aromatic rings. The van der Waals surface area contributed by atoms with Crippen LogP contribution in [-0.2, 0) is 11.2 Å². The molecule has 1 aromatic heterocycles. The standard InChI is InChI=1S/C19H17N5O2/c1-26-18(25)14-6-4-7-15(11-14)21-19-22-17(12-20-23-19)24-10-9-13-5-2-3-8-16(13)24/h2-8,11-12H,9-10H2,1H3,(H,21,22,23). The summed E-state index contributed by atoms with van der Waals surface area (Å²) in [5.74, 6) is 0.709. The van der Waals surface area contributed by atoms with E-state index in [4.69, 9.17) is 4.74 Å². The first-order valence-electron chi connectivity index (χ1n) is 8.25. The van der Waals surface area contributed by atoms with E-state index in [9.17, 15) is 4.79 Å². The number of methoxy groups -OCH3 is 1. The summed E-state index contributed by atoms with van der Waals surface area (Å²) in [5, 5.41) is 11.2. The van der Waals surface area contributed by atoms with Gasteiger partial charge in [0.15, 0.2) is 5.82 Å². The third-order valence-electron chi connectivity index (χ3n) is 4.25. The van der Waals surface area contributed by atoms with E-state index >= 15 is 0 Å². The molecule has 0 atom stereocenters. The van der Waals surface area contributed by atoms with Crippen LogP contribution in [-0.4, -0.2) is 34.8 Å². The molecule has 0 aliphatic carbocycles. The van der Waals surface area contributed by atoms with Gasteiger partial charge in [0.1, 0.15) is 0 Å². The fraction of sp³-hybridized carbons (Fsp3) is 0.158. The molecule has 7 heteroatoms. The number of carbonyl (C=O) groups excluding carboxylic acids is 1. The molecule has 0 saturated carbocycles. The van der Waals surface area contributed by atoms with Crippen molar-refractivity contribution in [3.05, 3.63) is 65.9 Å². The van der Waals surface area contributed by atoms with Crippen molar-refractivity contribution in [3.63, 3.8) is 0 Å². The Morgan fingerprint density at radius 3 is 2.96 bits per heavy atom. The largest absolute Gasteiger partial charge is 0.465 e. The fourth-order valence-electron chi connectivity index (χ4n) is 3.03. The number of nitrogens with zero attached hydrogens (tertiary/aromatic N) is 4. The quantitative estimate of drug-likeness (QED) is 0.726. The van der Waals surface area contributed by atoms with Gasteiger partial charge in [-0.05, 0) is 36.2 Å². The molecular weight excluding hydrogens is 330 g/mol.